The second-order valence-corrected chi connectivity index (χ2v) is 5.85. The fourth-order valence-electron chi connectivity index (χ4n) is 1.85. The molecule has 0 aliphatic carbocycles. The number of halogens is 5. The average Bonchev–Trinajstić information content (AvgIpc) is 2.37. The van der Waals surface area contributed by atoms with Gasteiger partial charge in [-0.2, -0.15) is 13.2 Å². The van der Waals surface area contributed by atoms with Crippen molar-refractivity contribution in [3.63, 3.8) is 0 Å². The van der Waals surface area contributed by atoms with E-state index in [1.54, 1.807) is 12.1 Å². The van der Waals surface area contributed by atoms with Crippen LogP contribution in [0.5, 0.6) is 11.5 Å². The molecule has 0 aliphatic rings. The maximum absolute atomic E-state index is 12.6. The summed E-state index contributed by atoms with van der Waals surface area (Å²) in [5, 5.41) is 0.647. The third kappa shape index (κ3) is 3.71. The Hall–Kier alpha value is -1.20. The number of rotatable bonds is 2. The van der Waals surface area contributed by atoms with E-state index in [1.165, 1.54) is 6.07 Å². The summed E-state index contributed by atoms with van der Waals surface area (Å²) >= 11 is 9.16. The second-order valence-electron chi connectivity index (χ2n) is 4.62. The molecule has 0 aliphatic heterocycles. The maximum Gasteiger partial charge on any atom is 0.416 e. The van der Waals surface area contributed by atoms with E-state index in [9.17, 15) is 13.2 Å². The maximum atomic E-state index is 12.6. The molecule has 1 nitrogen and oxygen atoms in total. The van der Waals surface area contributed by atoms with E-state index in [0.29, 0.717) is 16.5 Å². The van der Waals surface area contributed by atoms with Crippen LogP contribution in [0.25, 0.3) is 0 Å². The van der Waals surface area contributed by atoms with Crippen LogP contribution in [0.4, 0.5) is 13.2 Å². The molecule has 0 saturated heterocycles. The second kappa shape index (κ2) is 5.89. The number of benzene rings is 2. The summed E-state index contributed by atoms with van der Waals surface area (Å²) < 4.78 is 43.7. The van der Waals surface area contributed by atoms with Crippen LogP contribution < -0.4 is 4.74 Å². The molecule has 0 heterocycles. The van der Waals surface area contributed by atoms with Gasteiger partial charge in [0.1, 0.15) is 11.5 Å². The monoisotopic (exact) mass is 378 g/mol. The van der Waals surface area contributed by atoms with Crippen molar-refractivity contribution < 1.29 is 17.9 Å². The van der Waals surface area contributed by atoms with E-state index in [-0.39, 0.29) is 4.47 Å². The van der Waals surface area contributed by atoms with Crippen LogP contribution in [0.1, 0.15) is 16.7 Å². The van der Waals surface area contributed by atoms with Crippen LogP contribution in [-0.4, -0.2) is 0 Å². The predicted molar refractivity (Wildman–Crippen MR) is 80.1 cm³/mol. The normalized spacial score (nSPS) is 11.6. The molecule has 0 atom stereocenters. The molecule has 2 rings (SSSR count). The quantitative estimate of drug-likeness (QED) is 0.576. The van der Waals surface area contributed by atoms with Crippen molar-refractivity contribution in [1.29, 1.82) is 0 Å². The highest BCUT2D eigenvalue weighted by atomic mass is 79.9. The Morgan fingerprint density at radius 2 is 1.62 bits per heavy atom. The summed E-state index contributed by atoms with van der Waals surface area (Å²) in [4.78, 5) is 0. The van der Waals surface area contributed by atoms with Crippen LogP contribution in [0.3, 0.4) is 0 Å². The largest absolute Gasteiger partial charge is 0.456 e. The van der Waals surface area contributed by atoms with E-state index in [2.05, 4.69) is 15.9 Å². The lowest BCUT2D eigenvalue weighted by Crippen LogP contribution is -2.04. The van der Waals surface area contributed by atoms with Gasteiger partial charge in [0.25, 0.3) is 0 Å². The highest BCUT2D eigenvalue weighted by Crippen LogP contribution is 2.37. The van der Waals surface area contributed by atoms with Crippen LogP contribution in [0, 0.1) is 13.8 Å². The Morgan fingerprint density at radius 1 is 1.05 bits per heavy atom. The van der Waals surface area contributed by atoms with Gasteiger partial charge < -0.3 is 4.74 Å². The standard InChI is InChI=1S/C15H11BrClF3O/c1-8-5-11(6-9(2)14(8)17)21-13-4-3-10(7-12(13)16)15(18,19)20/h3-7H,1-2H3. The molecule has 0 radical (unpaired) electrons. The van der Waals surface area contributed by atoms with Crippen LogP contribution in [0.15, 0.2) is 34.8 Å². The van der Waals surface area contributed by atoms with E-state index in [1.807, 2.05) is 13.8 Å². The molecule has 0 saturated carbocycles. The summed E-state index contributed by atoms with van der Waals surface area (Å²) in [6.45, 7) is 3.67. The van der Waals surface area contributed by atoms with Gasteiger partial charge in [-0.15, -0.1) is 0 Å². The van der Waals surface area contributed by atoms with Gasteiger partial charge in [0.2, 0.25) is 0 Å². The topological polar surface area (TPSA) is 9.23 Å². The highest BCUT2D eigenvalue weighted by molar-refractivity contribution is 9.10. The van der Waals surface area contributed by atoms with Gasteiger partial charge in [-0.25, -0.2) is 0 Å². The lowest BCUT2D eigenvalue weighted by Gasteiger charge is -2.13. The summed E-state index contributed by atoms with van der Waals surface area (Å²) in [6.07, 6.45) is -4.38. The molecule has 0 unspecified atom stereocenters. The fourth-order valence-corrected chi connectivity index (χ4v) is 2.42. The Morgan fingerprint density at radius 3 is 2.10 bits per heavy atom. The van der Waals surface area contributed by atoms with Crippen molar-refractivity contribution in [2.45, 2.75) is 20.0 Å². The minimum atomic E-state index is -4.38. The lowest BCUT2D eigenvalue weighted by molar-refractivity contribution is -0.137. The van der Waals surface area contributed by atoms with Gasteiger partial charge in [0, 0.05) is 5.02 Å². The number of hydrogen-bond acceptors (Lipinski definition) is 1. The SMILES string of the molecule is Cc1cc(Oc2ccc(C(F)(F)F)cc2Br)cc(C)c1Cl. The molecule has 21 heavy (non-hydrogen) atoms. The first-order chi connectivity index (χ1) is 9.68. The Labute approximate surface area is 133 Å². The van der Waals surface area contributed by atoms with Crippen molar-refractivity contribution in [3.05, 3.63) is 56.5 Å². The molecule has 0 aromatic heterocycles. The molecule has 0 spiro atoms. The summed E-state index contributed by atoms with van der Waals surface area (Å²) in [5.74, 6) is 0.832. The van der Waals surface area contributed by atoms with E-state index in [4.69, 9.17) is 16.3 Å². The lowest BCUT2D eigenvalue weighted by atomic mass is 10.1. The van der Waals surface area contributed by atoms with E-state index < -0.39 is 11.7 Å². The van der Waals surface area contributed by atoms with Crippen molar-refractivity contribution in [2.24, 2.45) is 0 Å². The molecular formula is C15H11BrClF3O. The van der Waals surface area contributed by atoms with Gasteiger partial charge in [-0.1, -0.05) is 11.6 Å². The smallest absolute Gasteiger partial charge is 0.416 e. The van der Waals surface area contributed by atoms with Gasteiger partial charge in [0.05, 0.1) is 10.0 Å². The molecule has 2 aromatic carbocycles. The van der Waals surface area contributed by atoms with Gasteiger partial charge in [0.15, 0.2) is 0 Å². The number of hydrogen-bond donors (Lipinski definition) is 0. The minimum absolute atomic E-state index is 0.239. The fraction of sp³-hybridized carbons (Fsp3) is 0.200. The molecule has 0 bridgehead atoms. The van der Waals surface area contributed by atoms with Crippen LogP contribution in [0.2, 0.25) is 5.02 Å². The third-order valence-electron chi connectivity index (χ3n) is 2.90. The zero-order valence-corrected chi connectivity index (χ0v) is 13.5. The number of alkyl halides is 3. The summed E-state index contributed by atoms with van der Waals surface area (Å²) in [5.41, 5.74) is 0.953. The molecule has 112 valence electrons. The molecule has 6 heteroatoms. The highest BCUT2D eigenvalue weighted by Gasteiger charge is 2.31. The first kappa shape index (κ1) is 16.2. The first-order valence-corrected chi connectivity index (χ1v) is 7.17. The predicted octanol–water partition coefficient (Wildman–Crippen LogP) is 6.53. The Kier molecular flexibility index (Phi) is 4.54. The summed E-state index contributed by atoms with van der Waals surface area (Å²) in [6, 6.07) is 6.73. The average molecular weight is 380 g/mol. The molecule has 0 fully saturated rings. The number of aryl methyl sites for hydroxylation is 2. The number of ether oxygens (including phenoxy) is 1. The molecule has 0 N–H and O–H groups in total. The zero-order chi connectivity index (χ0) is 15.8. The first-order valence-electron chi connectivity index (χ1n) is 6.00. The van der Waals surface area contributed by atoms with Gasteiger partial charge in [-0.3, -0.25) is 0 Å². The van der Waals surface area contributed by atoms with Crippen molar-refractivity contribution >= 4 is 27.5 Å². The van der Waals surface area contributed by atoms with Crippen LogP contribution >= 0.6 is 27.5 Å². The Bertz CT molecular complexity index is 660. The Balaban J connectivity index is 2.32. The van der Waals surface area contributed by atoms with Crippen molar-refractivity contribution in [2.75, 3.05) is 0 Å². The van der Waals surface area contributed by atoms with E-state index >= 15 is 0 Å². The van der Waals surface area contributed by atoms with Crippen molar-refractivity contribution in [1.82, 2.24) is 0 Å². The zero-order valence-electron chi connectivity index (χ0n) is 11.2. The minimum Gasteiger partial charge on any atom is -0.456 e. The third-order valence-corrected chi connectivity index (χ3v) is 4.11. The van der Waals surface area contributed by atoms with Crippen molar-refractivity contribution in [3.8, 4) is 11.5 Å². The van der Waals surface area contributed by atoms with Crippen LogP contribution in [-0.2, 0) is 6.18 Å². The van der Waals surface area contributed by atoms with Gasteiger partial charge in [-0.05, 0) is 71.2 Å². The van der Waals surface area contributed by atoms with E-state index in [0.717, 1.165) is 23.3 Å². The van der Waals surface area contributed by atoms with Gasteiger partial charge >= 0.3 is 6.18 Å². The molecule has 0 amide bonds. The molecular weight excluding hydrogens is 369 g/mol. The summed E-state index contributed by atoms with van der Waals surface area (Å²) in [7, 11) is 0. The molecule has 2 aromatic rings.